The molecule has 0 aromatic carbocycles. The minimum atomic E-state index is 0.139. The zero-order chi connectivity index (χ0) is 14.1. The van der Waals surface area contributed by atoms with E-state index in [1.807, 2.05) is 38.5 Å². The maximum Gasteiger partial charge on any atom is 0.0949 e. The first kappa shape index (κ1) is 13.3. The third kappa shape index (κ3) is 2.46. The summed E-state index contributed by atoms with van der Waals surface area (Å²) >= 11 is 0. The highest BCUT2D eigenvalue weighted by Gasteiger charge is 2.28. The van der Waals surface area contributed by atoms with E-state index in [-0.39, 0.29) is 12.6 Å². The van der Waals surface area contributed by atoms with Crippen molar-refractivity contribution >= 4 is 0 Å². The van der Waals surface area contributed by atoms with Gasteiger partial charge in [0, 0.05) is 44.0 Å². The molecule has 106 valence electrons. The minimum Gasteiger partial charge on any atom is -0.395 e. The molecule has 1 N–H and O–H groups in total. The first-order valence-electron chi connectivity index (χ1n) is 6.94. The molecule has 1 aliphatic rings. The van der Waals surface area contributed by atoms with Crippen molar-refractivity contribution in [3.63, 3.8) is 0 Å². The van der Waals surface area contributed by atoms with Gasteiger partial charge in [-0.3, -0.25) is 9.88 Å². The van der Waals surface area contributed by atoms with Crippen LogP contribution in [-0.2, 0) is 26.6 Å². The number of aryl methyl sites for hydroxylation is 2. The molecule has 2 aromatic heterocycles. The van der Waals surface area contributed by atoms with Gasteiger partial charge in [0.05, 0.1) is 24.3 Å². The predicted molar refractivity (Wildman–Crippen MR) is 76.0 cm³/mol. The van der Waals surface area contributed by atoms with Crippen LogP contribution in [0.2, 0.25) is 0 Å². The minimum absolute atomic E-state index is 0.139. The fraction of sp³-hybridized carbons (Fsp3) is 0.467. The fourth-order valence-electron chi connectivity index (χ4n) is 2.83. The Labute approximate surface area is 118 Å². The second kappa shape index (κ2) is 5.34. The highest BCUT2D eigenvalue weighted by atomic mass is 16.3. The number of aliphatic hydroxyl groups is 1. The molecule has 0 bridgehead atoms. The Balaban J connectivity index is 1.82. The number of pyridine rings is 1. The Kier molecular flexibility index (Phi) is 3.54. The standard InChI is InChI=1S/C15H20N4O/c1-11-4-3-5-12(17-11)7-19-8-14-15(6-13(19)9-20)18(2)10-16-14/h3-5,10,13,20H,6-9H2,1-2H3. The molecule has 1 aliphatic heterocycles. The van der Waals surface area contributed by atoms with Crippen LogP contribution in [0.5, 0.6) is 0 Å². The summed E-state index contributed by atoms with van der Waals surface area (Å²) in [6.07, 6.45) is 2.70. The lowest BCUT2D eigenvalue weighted by atomic mass is 10.0. The number of hydrogen-bond donors (Lipinski definition) is 1. The van der Waals surface area contributed by atoms with E-state index in [1.54, 1.807) is 0 Å². The highest BCUT2D eigenvalue weighted by molar-refractivity contribution is 5.19. The van der Waals surface area contributed by atoms with E-state index in [4.69, 9.17) is 0 Å². The Hall–Kier alpha value is -1.72. The summed E-state index contributed by atoms with van der Waals surface area (Å²) in [6.45, 7) is 3.69. The Bertz CT molecular complexity index is 608. The summed E-state index contributed by atoms with van der Waals surface area (Å²) in [5, 5.41) is 9.66. The molecule has 3 heterocycles. The van der Waals surface area contributed by atoms with Crippen LogP contribution in [0.4, 0.5) is 0 Å². The van der Waals surface area contributed by atoms with Gasteiger partial charge in [0.25, 0.3) is 0 Å². The van der Waals surface area contributed by atoms with Crippen molar-refractivity contribution in [2.24, 2.45) is 7.05 Å². The van der Waals surface area contributed by atoms with Gasteiger partial charge < -0.3 is 9.67 Å². The summed E-state index contributed by atoms with van der Waals surface area (Å²) in [4.78, 5) is 11.3. The molecule has 1 unspecified atom stereocenters. The summed E-state index contributed by atoms with van der Waals surface area (Å²) in [7, 11) is 2.01. The molecule has 3 rings (SSSR count). The van der Waals surface area contributed by atoms with Crippen molar-refractivity contribution in [2.45, 2.75) is 32.5 Å². The van der Waals surface area contributed by atoms with E-state index in [9.17, 15) is 5.11 Å². The Morgan fingerprint density at radius 1 is 1.40 bits per heavy atom. The van der Waals surface area contributed by atoms with Crippen molar-refractivity contribution in [3.05, 3.63) is 47.3 Å². The van der Waals surface area contributed by atoms with Crippen LogP contribution in [-0.4, -0.2) is 37.2 Å². The fourth-order valence-corrected chi connectivity index (χ4v) is 2.83. The maximum absolute atomic E-state index is 9.66. The van der Waals surface area contributed by atoms with E-state index >= 15 is 0 Å². The van der Waals surface area contributed by atoms with E-state index in [2.05, 4.69) is 19.4 Å². The topological polar surface area (TPSA) is 54.2 Å². The third-order valence-electron chi connectivity index (χ3n) is 3.97. The van der Waals surface area contributed by atoms with Crippen molar-refractivity contribution in [2.75, 3.05) is 6.61 Å². The van der Waals surface area contributed by atoms with Crippen LogP contribution in [0.25, 0.3) is 0 Å². The second-order valence-corrected chi connectivity index (χ2v) is 5.46. The molecule has 0 saturated carbocycles. The predicted octanol–water partition coefficient (Wildman–Crippen LogP) is 1.04. The van der Waals surface area contributed by atoms with Gasteiger partial charge in [0.2, 0.25) is 0 Å². The molecule has 5 heteroatoms. The molecular weight excluding hydrogens is 252 g/mol. The number of rotatable bonds is 3. The quantitative estimate of drug-likeness (QED) is 0.907. The average molecular weight is 272 g/mol. The summed E-state index contributed by atoms with van der Waals surface area (Å²) in [6, 6.07) is 6.21. The Morgan fingerprint density at radius 3 is 3.00 bits per heavy atom. The van der Waals surface area contributed by atoms with Gasteiger partial charge in [0.15, 0.2) is 0 Å². The van der Waals surface area contributed by atoms with Crippen molar-refractivity contribution in [3.8, 4) is 0 Å². The summed E-state index contributed by atoms with van der Waals surface area (Å²) in [5.41, 5.74) is 4.42. The molecule has 1 atom stereocenters. The van der Waals surface area contributed by atoms with E-state index < -0.39 is 0 Å². The molecule has 5 nitrogen and oxygen atoms in total. The van der Waals surface area contributed by atoms with Gasteiger partial charge in [-0.15, -0.1) is 0 Å². The van der Waals surface area contributed by atoms with Crippen LogP contribution in [0.1, 0.15) is 22.8 Å². The molecule has 20 heavy (non-hydrogen) atoms. The first-order valence-corrected chi connectivity index (χ1v) is 6.94. The summed E-state index contributed by atoms with van der Waals surface area (Å²) < 4.78 is 2.06. The van der Waals surface area contributed by atoms with Gasteiger partial charge in [-0.05, 0) is 19.1 Å². The van der Waals surface area contributed by atoms with Crippen molar-refractivity contribution in [1.29, 1.82) is 0 Å². The van der Waals surface area contributed by atoms with E-state index in [0.29, 0.717) is 0 Å². The van der Waals surface area contributed by atoms with Crippen LogP contribution in [0, 0.1) is 6.92 Å². The SMILES string of the molecule is Cc1cccc(CN2Cc3ncn(C)c3CC2CO)n1. The van der Waals surface area contributed by atoms with Gasteiger partial charge in [-0.2, -0.15) is 0 Å². The molecule has 0 fully saturated rings. The highest BCUT2D eigenvalue weighted by Crippen LogP contribution is 2.23. The second-order valence-electron chi connectivity index (χ2n) is 5.46. The normalized spacial score (nSPS) is 19.1. The average Bonchev–Trinajstić information content (AvgIpc) is 2.79. The lowest BCUT2D eigenvalue weighted by molar-refractivity contribution is 0.0956. The van der Waals surface area contributed by atoms with Gasteiger partial charge in [-0.25, -0.2) is 4.98 Å². The maximum atomic E-state index is 9.66. The van der Waals surface area contributed by atoms with Gasteiger partial charge in [0.1, 0.15) is 0 Å². The monoisotopic (exact) mass is 272 g/mol. The number of fused-ring (bicyclic) bond motifs is 1. The molecule has 0 spiro atoms. The molecular formula is C15H20N4O. The zero-order valence-corrected chi connectivity index (χ0v) is 12.0. The zero-order valence-electron chi connectivity index (χ0n) is 12.0. The number of hydrogen-bond acceptors (Lipinski definition) is 4. The van der Waals surface area contributed by atoms with E-state index in [1.165, 1.54) is 5.69 Å². The van der Waals surface area contributed by atoms with Gasteiger partial charge >= 0.3 is 0 Å². The van der Waals surface area contributed by atoms with Crippen molar-refractivity contribution < 1.29 is 5.11 Å². The molecule has 0 radical (unpaired) electrons. The Morgan fingerprint density at radius 2 is 2.25 bits per heavy atom. The molecule has 0 aliphatic carbocycles. The van der Waals surface area contributed by atoms with Crippen LogP contribution in [0.15, 0.2) is 24.5 Å². The first-order chi connectivity index (χ1) is 9.67. The smallest absolute Gasteiger partial charge is 0.0949 e. The van der Waals surface area contributed by atoms with Gasteiger partial charge in [-0.1, -0.05) is 6.07 Å². The van der Waals surface area contributed by atoms with E-state index in [0.717, 1.165) is 36.6 Å². The molecule has 0 saturated heterocycles. The third-order valence-corrected chi connectivity index (χ3v) is 3.97. The molecule has 2 aromatic rings. The van der Waals surface area contributed by atoms with Crippen LogP contribution in [0.3, 0.4) is 0 Å². The lowest BCUT2D eigenvalue weighted by Crippen LogP contribution is -2.42. The van der Waals surface area contributed by atoms with Crippen LogP contribution >= 0.6 is 0 Å². The van der Waals surface area contributed by atoms with Crippen LogP contribution < -0.4 is 0 Å². The number of imidazole rings is 1. The van der Waals surface area contributed by atoms with Crippen molar-refractivity contribution in [1.82, 2.24) is 19.4 Å². The lowest BCUT2D eigenvalue weighted by Gasteiger charge is -2.34. The molecule has 0 amide bonds. The summed E-state index contributed by atoms with van der Waals surface area (Å²) in [5.74, 6) is 0. The number of aliphatic hydroxyl groups excluding tert-OH is 1. The number of aromatic nitrogens is 3. The largest absolute Gasteiger partial charge is 0.395 e. The number of nitrogens with zero attached hydrogens (tertiary/aromatic N) is 4.